The molecular formula is C22H20F2N2O4S. The lowest BCUT2D eigenvalue weighted by atomic mass is 10.0. The van der Waals surface area contributed by atoms with Crippen molar-refractivity contribution in [3.8, 4) is 16.2 Å². The highest BCUT2D eigenvalue weighted by molar-refractivity contribution is 7.15. The van der Waals surface area contributed by atoms with Gasteiger partial charge in [-0.1, -0.05) is 0 Å². The van der Waals surface area contributed by atoms with Crippen molar-refractivity contribution in [2.45, 2.75) is 38.5 Å². The van der Waals surface area contributed by atoms with Gasteiger partial charge in [0.25, 0.3) is 0 Å². The second kappa shape index (κ2) is 7.42. The second-order valence-electron chi connectivity index (χ2n) is 8.08. The molecule has 0 saturated heterocycles. The van der Waals surface area contributed by atoms with E-state index in [1.54, 1.807) is 10.6 Å². The standard InChI is InChI=1S/C22H20F2N2O4S/c1-25-7-6-11-8-16(31-17(11)10-25)13-4-5-14-18(20(13)30-22(23)24)26(12-2-3-12)9-15(19(14)27)21(28)29/h4-5,8-9,12,22H,2-3,6-7,10H2,1H3,(H,28,29). The van der Waals surface area contributed by atoms with Crippen LogP contribution in [0.15, 0.2) is 29.2 Å². The number of aromatic nitrogens is 1. The molecule has 5 rings (SSSR count). The summed E-state index contributed by atoms with van der Waals surface area (Å²) in [6.45, 7) is -1.35. The second-order valence-corrected chi connectivity index (χ2v) is 9.22. The summed E-state index contributed by atoms with van der Waals surface area (Å²) in [6.07, 6.45) is 3.72. The Morgan fingerprint density at radius 3 is 2.77 bits per heavy atom. The van der Waals surface area contributed by atoms with Crippen LogP contribution >= 0.6 is 11.3 Å². The quantitative estimate of drug-likeness (QED) is 0.631. The zero-order valence-electron chi connectivity index (χ0n) is 16.7. The molecule has 31 heavy (non-hydrogen) atoms. The Labute approximate surface area is 180 Å². The maximum atomic E-state index is 13.5. The van der Waals surface area contributed by atoms with Crippen LogP contribution in [0.1, 0.15) is 39.7 Å². The van der Waals surface area contributed by atoms with Gasteiger partial charge in [-0.2, -0.15) is 8.78 Å². The van der Waals surface area contributed by atoms with Crippen molar-refractivity contribution in [1.82, 2.24) is 9.47 Å². The number of hydrogen-bond acceptors (Lipinski definition) is 5. The van der Waals surface area contributed by atoms with Gasteiger partial charge >= 0.3 is 12.6 Å². The fraction of sp³-hybridized carbons (Fsp3) is 0.364. The summed E-state index contributed by atoms with van der Waals surface area (Å²) in [5.41, 5.74) is 0.856. The number of carbonyl (C=O) groups is 1. The molecule has 3 heterocycles. The maximum absolute atomic E-state index is 13.5. The lowest BCUT2D eigenvalue weighted by molar-refractivity contribution is -0.0486. The fourth-order valence-corrected chi connectivity index (χ4v) is 5.51. The van der Waals surface area contributed by atoms with Crippen LogP contribution in [-0.4, -0.2) is 40.7 Å². The summed E-state index contributed by atoms with van der Waals surface area (Å²) >= 11 is 1.54. The number of benzene rings is 1. The topological polar surface area (TPSA) is 71.8 Å². The van der Waals surface area contributed by atoms with E-state index in [0.717, 1.165) is 37.2 Å². The molecule has 2 aromatic heterocycles. The minimum absolute atomic E-state index is 0.0401. The van der Waals surface area contributed by atoms with Crippen molar-refractivity contribution in [3.05, 3.63) is 50.6 Å². The van der Waals surface area contributed by atoms with Crippen LogP contribution in [0.3, 0.4) is 0 Å². The minimum atomic E-state index is -3.08. The summed E-state index contributed by atoms with van der Waals surface area (Å²) in [7, 11) is 2.04. The molecule has 2 aliphatic rings. The average Bonchev–Trinajstić information content (AvgIpc) is 3.47. The van der Waals surface area contributed by atoms with Crippen LogP contribution in [0.5, 0.6) is 5.75 Å². The molecule has 1 fully saturated rings. The SMILES string of the molecule is CN1CCc2cc(-c3ccc4c(=O)c(C(=O)O)cn(C5CC5)c4c3OC(F)F)sc2C1. The summed E-state index contributed by atoms with van der Waals surface area (Å²) in [6, 6.07) is 5.09. The van der Waals surface area contributed by atoms with Gasteiger partial charge < -0.3 is 19.3 Å². The molecule has 3 aromatic rings. The first-order valence-electron chi connectivity index (χ1n) is 10.0. The minimum Gasteiger partial charge on any atom is -0.477 e. The van der Waals surface area contributed by atoms with Gasteiger partial charge in [0, 0.05) is 40.6 Å². The van der Waals surface area contributed by atoms with Crippen LogP contribution in [-0.2, 0) is 13.0 Å². The molecule has 9 heteroatoms. The Morgan fingerprint density at radius 2 is 2.10 bits per heavy atom. The molecule has 0 unspecified atom stereocenters. The molecular weight excluding hydrogens is 426 g/mol. The number of aromatic carboxylic acids is 1. The summed E-state index contributed by atoms with van der Waals surface area (Å²) in [5, 5.41) is 9.52. The number of hydrogen-bond donors (Lipinski definition) is 1. The van der Waals surface area contributed by atoms with Crippen LogP contribution in [0.4, 0.5) is 8.78 Å². The molecule has 1 aromatic carbocycles. The van der Waals surface area contributed by atoms with Crippen LogP contribution in [0, 0.1) is 0 Å². The van der Waals surface area contributed by atoms with Gasteiger partial charge in [0.05, 0.1) is 10.9 Å². The van der Waals surface area contributed by atoms with E-state index in [4.69, 9.17) is 4.74 Å². The molecule has 0 radical (unpaired) electrons. The first-order chi connectivity index (χ1) is 14.8. The van der Waals surface area contributed by atoms with Gasteiger partial charge in [0.15, 0.2) is 5.75 Å². The number of thiophene rings is 1. The van der Waals surface area contributed by atoms with Crippen molar-refractivity contribution < 1.29 is 23.4 Å². The Bertz CT molecular complexity index is 1260. The van der Waals surface area contributed by atoms with E-state index in [1.165, 1.54) is 34.0 Å². The molecule has 0 spiro atoms. The zero-order valence-corrected chi connectivity index (χ0v) is 17.5. The largest absolute Gasteiger partial charge is 0.477 e. The predicted octanol–water partition coefficient (Wildman–Crippen LogP) is 4.35. The van der Waals surface area contributed by atoms with Gasteiger partial charge in [-0.3, -0.25) is 4.79 Å². The Morgan fingerprint density at radius 1 is 1.32 bits per heavy atom. The van der Waals surface area contributed by atoms with E-state index in [2.05, 4.69) is 4.90 Å². The van der Waals surface area contributed by atoms with Crippen molar-refractivity contribution in [1.29, 1.82) is 0 Å². The Balaban J connectivity index is 1.78. The first-order valence-corrected chi connectivity index (χ1v) is 10.9. The van der Waals surface area contributed by atoms with Gasteiger partial charge in [-0.25, -0.2) is 4.79 Å². The highest BCUT2D eigenvalue weighted by Gasteiger charge is 2.30. The highest BCUT2D eigenvalue weighted by atomic mass is 32.1. The van der Waals surface area contributed by atoms with E-state index in [1.807, 2.05) is 13.1 Å². The van der Waals surface area contributed by atoms with Crippen molar-refractivity contribution in [3.63, 3.8) is 0 Å². The third-order valence-electron chi connectivity index (χ3n) is 5.86. The van der Waals surface area contributed by atoms with Gasteiger partial charge in [-0.15, -0.1) is 11.3 Å². The Kier molecular flexibility index (Phi) is 4.82. The Hall–Kier alpha value is -2.78. The molecule has 1 aliphatic carbocycles. The number of carboxylic acids is 1. The average molecular weight is 446 g/mol. The number of rotatable bonds is 5. The van der Waals surface area contributed by atoms with E-state index in [-0.39, 0.29) is 28.3 Å². The monoisotopic (exact) mass is 446 g/mol. The highest BCUT2D eigenvalue weighted by Crippen LogP contribution is 2.45. The molecule has 162 valence electrons. The molecule has 1 N–H and O–H groups in total. The van der Waals surface area contributed by atoms with E-state index < -0.39 is 18.0 Å². The van der Waals surface area contributed by atoms with Crippen LogP contribution in [0.25, 0.3) is 21.3 Å². The van der Waals surface area contributed by atoms with Crippen molar-refractivity contribution >= 4 is 28.2 Å². The van der Waals surface area contributed by atoms with E-state index >= 15 is 0 Å². The number of likely N-dealkylation sites (N-methyl/N-ethyl adjacent to an activating group) is 1. The summed E-state index contributed by atoms with van der Waals surface area (Å²) in [5.74, 6) is -1.41. The lowest BCUT2D eigenvalue weighted by Crippen LogP contribution is -2.24. The zero-order chi connectivity index (χ0) is 21.9. The number of carboxylic acid groups (broad SMARTS) is 1. The lowest BCUT2D eigenvalue weighted by Gasteiger charge is -2.21. The normalized spacial score (nSPS) is 16.6. The maximum Gasteiger partial charge on any atom is 0.387 e. The number of fused-ring (bicyclic) bond motifs is 2. The number of halogens is 2. The van der Waals surface area contributed by atoms with Gasteiger partial charge in [-0.05, 0) is 50.1 Å². The third-order valence-corrected chi connectivity index (χ3v) is 7.06. The third kappa shape index (κ3) is 3.51. The predicted molar refractivity (Wildman–Crippen MR) is 113 cm³/mol. The van der Waals surface area contributed by atoms with Crippen LogP contribution < -0.4 is 10.2 Å². The number of pyridine rings is 1. The summed E-state index contributed by atoms with van der Waals surface area (Å²) < 4.78 is 33.6. The first kappa shape index (κ1) is 20.1. The van der Waals surface area contributed by atoms with Crippen molar-refractivity contribution in [2.75, 3.05) is 13.6 Å². The molecule has 0 amide bonds. The molecule has 6 nitrogen and oxygen atoms in total. The molecule has 1 saturated carbocycles. The summed E-state index contributed by atoms with van der Waals surface area (Å²) in [4.78, 5) is 28.6. The number of alkyl halides is 2. The van der Waals surface area contributed by atoms with Gasteiger partial charge in [0.2, 0.25) is 5.43 Å². The number of nitrogens with zero attached hydrogens (tertiary/aromatic N) is 2. The van der Waals surface area contributed by atoms with E-state index in [9.17, 15) is 23.5 Å². The molecule has 0 bridgehead atoms. The van der Waals surface area contributed by atoms with Crippen molar-refractivity contribution in [2.24, 2.45) is 0 Å². The number of ether oxygens (including phenoxy) is 1. The van der Waals surface area contributed by atoms with E-state index in [0.29, 0.717) is 5.56 Å². The fourth-order valence-electron chi connectivity index (χ4n) is 4.19. The molecule has 0 atom stereocenters. The van der Waals surface area contributed by atoms with Gasteiger partial charge in [0.1, 0.15) is 5.56 Å². The molecule has 1 aliphatic heterocycles. The van der Waals surface area contributed by atoms with Crippen LogP contribution in [0.2, 0.25) is 0 Å². The smallest absolute Gasteiger partial charge is 0.387 e.